The molecule has 0 saturated heterocycles. The van der Waals surface area contributed by atoms with Crippen LogP contribution in [0.25, 0.3) is 0 Å². The van der Waals surface area contributed by atoms with E-state index < -0.39 is 10.0 Å². The molecule has 0 atom stereocenters. The summed E-state index contributed by atoms with van der Waals surface area (Å²) >= 11 is 0. The second kappa shape index (κ2) is 6.23. The Kier molecular flexibility index (Phi) is 5.13. The standard InChI is InChI=1S/C13H21N3O3S/c1-13(2,3)9-20(18,19)15-8-10-4-6-11(7-5-10)12(14)16-17/h4-7,15,17H,8-9H2,1-3H3,(H2,14,16). The number of nitrogens with zero attached hydrogens (tertiary/aromatic N) is 1. The summed E-state index contributed by atoms with van der Waals surface area (Å²) in [4.78, 5) is 0. The monoisotopic (exact) mass is 299 g/mol. The van der Waals surface area contributed by atoms with Crippen LogP contribution in [0.15, 0.2) is 29.4 Å². The molecule has 0 aliphatic rings. The molecule has 1 aromatic carbocycles. The lowest BCUT2D eigenvalue weighted by atomic mass is 10.0. The van der Waals surface area contributed by atoms with Gasteiger partial charge in [0.1, 0.15) is 0 Å². The van der Waals surface area contributed by atoms with E-state index in [1.165, 1.54) is 0 Å². The SMILES string of the molecule is CC(C)(C)CS(=O)(=O)NCc1ccc(C(N)=NO)cc1. The van der Waals surface area contributed by atoms with Crippen LogP contribution >= 0.6 is 0 Å². The molecule has 7 heteroatoms. The van der Waals surface area contributed by atoms with Crippen molar-refractivity contribution in [1.82, 2.24) is 4.72 Å². The van der Waals surface area contributed by atoms with Crippen LogP contribution in [0, 0.1) is 5.41 Å². The first-order valence-corrected chi connectivity index (χ1v) is 7.82. The molecule has 1 rings (SSSR count). The zero-order valence-corrected chi connectivity index (χ0v) is 12.7. The fraction of sp³-hybridized carbons (Fsp3) is 0.462. The summed E-state index contributed by atoms with van der Waals surface area (Å²) in [5.74, 6) is 0.0900. The Morgan fingerprint density at radius 2 is 1.85 bits per heavy atom. The molecule has 20 heavy (non-hydrogen) atoms. The molecule has 0 spiro atoms. The highest BCUT2D eigenvalue weighted by molar-refractivity contribution is 7.89. The van der Waals surface area contributed by atoms with Gasteiger partial charge in [0.05, 0.1) is 5.75 Å². The van der Waals surface area contributed by atoms with Gasteiger partial charge in [-0.1, -0.05) is 50.2 Å². The summed E-state index contributed by atoms with van der Waals surface area (Å²) in [5, 5.41) is 11.4. The van der Waals surface area contributed by atoms with E-state index in [2.05, 4.69) is 9.88 Å². The molecular formula is C13H21N3O3S. The average Bonchev–Trinajstić information content (AvgIpc) is 2.33. The van der Waals surface area contributed by atoms with Crippen molar-refractivity contribution in [3.05, 3.63) is 35.4 Å². The molecule has 1 aromatic rings. The summed E-state index contributed by atoms with van der Waals surface area (Å²) in [7, 11) is -3.31. The van der Waals surface area contributed by atoms with E-state index in [0.29, 0.717) is 5.56 Å². The maximum atomic E-state index is 11.9. The Balaban J connectivity index is 2.67. The molecule has 0 aliphatic heterocycles. The molecule has 0 radical (unpaired) electrons. The van der Waals surface area contributed by atoms with Crippen LogP contribution in [0.5, 0.6) is 0 Å². The summed E-state index contributed by atoms with van der Waals surface area (Å²) in [6.45, 7) is 5.84. The Hall–Kier alpha value is -1.60. The minimum atomic E-state index is -3.31. The number of sulfonamides is 1. The highest BCUT2D eigenvalue weighted by Crippen LogP contribution is 2.15. The number of benzene rings is 1. The third-order valence-corrected chi connectivity index (χ3v) is 4.31. The number of nitrogens with two attached hydrogens (primary N) is 1. The van der Waals surface area contributed by atoms with Gasteiger partial charge in [0, 0.05) is 12.1 Å². The molecular weight excluding hydrogens is 278 g/mol. The topological polar surface area (TPSA) is 105 Å². The minimum absolute atomic E-state index is 0.0184. The molecule has 0 bridgehead atoms. The zero-order chi connectivity index (χ0) is 15.4. The predicted molar refractivity (Wildman–Crippen MR) is 79.0 cm³/mol. The number of rotatable bonds is 5. The van der Waals surface area contributed by atoms with Crippen LogP contribution in [0.3, 0.4) is 0 Å². The van der Waals surface area contributed by atoms with Gasteiger partial charge in [0.2, 0.25) is 10.0 Å². The van der Waals surface area contributed by atoms with Gasteiger partial charge in [-0.2, -0.15) is 0 Å². The van der Waals surface area contributed by atoms with Gasteiger partial charge < -0.3 is 10.9 Å². The summed E-state index contributed by atoms with van der Waals surface area (Å²) in [6, 6.07) is 6.80. The minimum Gasteiger partial charge on any atom is -0.409 e. The molecule has 6 nitrogen and oxygen atoms in total. The van der Waals surface area contributed by atoms with Crippen LogP contribution in [0.2, 0.25) is 0 Å². The first-order valence-electron chi connectivity index (χ1n) is 6.17. The Bertz CT molecular complexity index is 572. The summed E-state index contributed by atoms with van der Waals surface area (Å²) < 4.78 is 26.3. The smallest absolute Gasteiger partial charge is 0.212 e. The largest absolute Gasteiger partial charge is 0.409 e. The van der Waals surface area contributed by atoms with Crippen molar-refractivity contribution in [3.63, 3.8) is 0 Å². The van der Waals surface area contributed by atoms with E-state index in [1.54, 1.807) is 24.3 Å². The van der Waals surface area contributed by atoms with E-state index >= 15 is 0 Å². The Morgan fingerprint density at radius 3 is 2.30 bits per heavy atom. The molecule has 0 aliphatic carbocycles. The van der Waals surface area contributed by atoms with Crippen molar-refractivity contribution in [1.29, 1.82) is 0 Å². The van der Waals surface area contributed by atoms with Crippen LogP contribution in [-0.2, 0) is 16.6 Å². The van der Waals surface area contributed by atoms with Gasteiger partial charge in [-0.15, -0.1) is 0 Å². The number of oxime groups is 1. The lowest BCUT2D eigenvalue weighted by Crippen LogP contribution is -2.32. The predicted octanol–water partition coefficient (Wildman–Crippen LogP) is 1.25. The van der Waals surface area contributed by atoms with Crippen molar-refractivity contribution >= 4 is 15.9 Å². The molecule has 0 heterocycles. The van der Waals surface area contributed by atoms with E-state index in [-0.39, 0.29) is 23.5 Å². The van der Waals surface area contributed by atoms with Gasteiger partial charge in [0.15, 0.2) is 5.84 Å². The number of nitrogens with one attached hydrogen (secondary N) is 1. The maximum absolute atomic E-state index is 11.9. The fourth-order valence-corrected chi connectivity index (χ4v) is 3.29. The van der Waals surface area contributed by atoms with Crippen molar-refractivity contribution in [2.75, 3.05) is 5.75 Å². The molecule has 0 amide bonds. The maximum Gasteiger partial charge on any atom is 0.212 e. The third-order valence-electron chi connectivity index (χ3n) is 2.48. The van der Waals surface area contributed by atoms with Crippen LogP contribution in [0.1, 0.15) is 31.9 Å². The van der Waals surface area contributed by atoms with Gasteiger partial charge in [-0.25, -0.2) is 13.1 Å². The molecule has 4 N–H and O–H groups in total. The number of amidine groups is 1. The first kappa shape index (κ1) is 16.5. The lowest BCUT2D eigenvalue weighted by Gasteiger charge is -2.18. The number of hydrogen-bond acceptors (Lipinski definition) is 4. The van der Waals surface area contributed by atoms with Crippen molar-refractivity contribution in [2.24, 2.45) is 16.3 Å². The van der Waals surface area contributed by atoms with Crippen LogP contribution in [-0.4, -0.2) is 25.2 Å². The summed E-state index contributed by atoms with van der Waals surface area (Å²) in [5.41, 5.74) is 6.54. The molecule has 0 aromatic heterocycles. The first-order chi connectivity index (χ1) is 9.13. The van der Waals surface area contributed by atoms with Crippen LogP contribution in [0.4, 0.5) is 0 Å². The van der Waals surface area contributed by atoms with Crippen molar-refractivity contribution in [3.8, 4) is 0 Å². The molecule has 0 unspecified atom stereocenters. The van der Waals surface area contributed by atoms with Gasteiger partial charge >= 0.3 is 0 Å². The molecule has 0 fully saturated rings. The average molecular weight is 299 g/mol. The highest BCUT2D eigenvalue weighted by Gasteiger charge is 2.20. The van der Waals surface area contributed by atoms with Crippen molar-refractivity contribution < 1.29 is 13.6 Å². The zero-order valence-electron chi connectivity index (χ0n) is 11.9. The highest BCUT2D eigenvalue weighted by atomic mass is 32.2. The van der Waals surface area contributed by atoms with Gasteiger partial charge in [0.25, 0.3) is 0 Å². The van der Waals surface area contributed by atoms with E-state index in [0.717, 1.165) is 5.56 Å². The number of hydrogen-bond donors (Lipinski definition) is 3. The second-order valence-corrected chi connectivity index (χ2v) is 7.63. The second-order valence-electron chi connectivity index (χ2n) is 5.82. The fourth-order valence-electron chi connectivity index (χ4n) is 1.67. The molecule has 112 valence electrons. The van der Waals surface area contributed by atoms with E-state index in [4.69, 9.17) is 10.9 Å². The van der Waals surface area contributed by atoms with E-state index in [9.17, 15) is 8.42 Å². The van der Waals surface area contributed by atoms with Crippen LogP contribution < -0.4 is 10.5 Å². The lowest BCUT2D eigenvalue weighted by molar-refractivity contribution is 0.318. The molecule has 0 saturated carbocycles. The van der Waals surface area contributed by atoms with E-state index in [1.807, 2.05) is 20.8 Å². The Morgan fingerprint density at radius 1 is 1.30 bits per heavy atom. The Labute approximate surface area is 119 Å². The normalized spacial score (nSPS) is 13.4. The third kappa shape index (κ3) is 5.58. The quantitative estimate of drug-likeness (QED) is 0.329. The van der Waals surface area contributed by atoms with Crippen molar-refractivity contribution in [2.45, 2.75) is 27.3 Å². The van der Waals surface area contributed by atoms with Gasteiger partial charge in [-0.05, 0) is 11.0 Å². The summed E-state index contributed by atoms with van der Waals surface area (Å²) in [6.07, 6.45) is 0. The van der Waals surface area contributed by atoms with Gasteiger partial charge in [-0.3, -0.25) is 0 Å².